The van der Waals surface area contributed by atoms with Gasteiger partial charge in [-0.3, -0.25) is 9.58 Å². The van der Waals surface area contributed by atoms with Crippen molar-refractivity contribution in [2.75, 3.05) is 19.6 Å². The molecule has 1 saturated heterocycles. The van der Waals surface area contributed by atoms with E-state index in [2.05, 4.69) is 35.2 Å². The van der Waals surface area contributed by atoms with Crippen molar-refractivity contribution in [1.29, 1.82) is 0 Å². The molecule has 18 heavy (non-hydrogen) atoms. The Morgan fingerprint density at radius 2 is 2.39 bits per heavy atom. The summed E-state index contributed by atoms with van der Waals surface area (Å²) in [5.41, 5.74) is 1.18. The molecule has 0 amide bonds. The van der Waals surface area contributed by atoms with Crippen LogP contribution in [0.2, 0.25) is 0 Å². The molecule has 1 aromatic rings. The van der Waals surface area contributed by atoms with Gasteiger partial charge in [0.2, 0.25) is 0 Å². The second-order valence-electron chi connectivity index (χ2n) is 5.52. The lowest BCUT2D eigenvalue weighted by Crippen LogP contribution is -2.41. The normalized spacial score (nSPS) is 23.8. The van der Waals surface area contributed by atoms with Gasteiger partial charge in [-0.1, -0.05) is 20.3 Å². The highest BCUT2D eigenvalue weighted by Gasteiger charge is 2.21. The van der Waals surface area contributed by atoms with Crippen LogP contribution in [0.3, 0.4) is 0 Å². The number of rotatable bonds is 4. The molecule has 0 aliphatic carbocycles. The van der Waals surface area contributed by atoms with E-state index in [1.807, 2.05) is 17.9 Å². The summed E-state index contributed by atoms with van der Waals surface area (Å²) in [5.74, 6) is 0.745. The molecule has 0 saturated carbocycles. The van der Waals surface area contributed by atoms with Crippen LogP contribution in [0, 0.1) is 5.92 Å². The van der Waals surface area contributed by atoms with Crippen LogP contribution >= 0.6 is 0 Å². The Morgan fingerprint density at radius 1 is 1.56 bits per heavy atom. The van der Waals surface area contributed by atoms with Crippen LogP contribution in [0.25, 0.3) is 0 Å². The molecule has 1 aliphatic heterocycles. The van der Waals surface area contributed by atoms with Gasteiger partial charge in [0.1, 0.15) is 0 Å². The average molecular weight is 250 g/mol. The Balaban J connectivity index is 1.94. The first-order valence-corrected chi connectivity index (χ1v) is 7.13. The van der Waals surface area contributed by atoms with Gasteiger partial charge in [-0.2, -0.15) is 5.10 Å². The summed E-state index contributed by atoms with van der Waals surface area (Å²) in [6.45, 7) is 9.08. The number of nitrogens with one attached hydrogen (secondary N) is 1. The molecule has 102 valence electrons. The van der Waals surface area contributed by atoms with Crippen LogP contribution in [-0.2, 0) is 13.6 Å². The van der Waals surface area contributed by atoms with Crippen LogP contribution in [-0.4, -0.2) is 40.4 Å². The first kappa shape index (κ1) is 13.6. The molecular formula is C14H26N4. The van der Waals surface area contributed by atoms with Crippen molar-refractivity contribution >= 4 is 0 Å². The summed E-state index contributed by atoms with van der Waals surface area (Å²) < 4.78 is 1.89. The van der Waals surface area contributed by atoms with Crippen LogP contribution in [0.4, 0.5) is 0 Å². The zero-order chi connectivity index (χ0) is 13.0. The van der Waals surface area contributed by atoms with Gasteiger partial charge in [-0.25, -0.2) is 0 Å². The first-order chi connectivity index (χ1) is 8.69. The maximum absolute atomic E-state index is 4.48. The minimum absolute atomic E-state index is 0.626. The summed E-state index contributed by atoms with van der Waals surface area (Å²) >= 11 is 0. The number of aromatic nitrogens is 2. The molecule has 2 rings (SSSR count). The fraction of sp³-hybridized carbons (Fsp3) is 0.786. The van der Waals surface area contributed by atoms with E-state index in [4.69, 9.17) is 0 Å². The van der Waals surface area contributed by atoms with E-state index in [-0.39, 0.29) is 0 Å². The molecule has 0 radical (unpaired) electrons. The Morgan fingerprint density at radius 3 is 3.06 bits per heavy atom. The van der Waals surface area contributed by atoms with Crippen LogP contribution in [0.5, 0.6) is 0 Å². The van der Waals surface area contributed by atoms with Crippen molar-refractivity contribution in [3.8, 4) is 0 Å². The molecule has 0 spiro atoms. The summed E-state index contributed by atoms with van der Waals surface area (Å²) in [6, 6.07) is 2.75. The molecule has 1 N–H and O–H groups in total. The fourth-order valence-electron chi connectivity index (χ4n) is 2.61. The maximum Gasteiger partial charge on any atom is 0.0764 e. The Bertz CT molecular complexity index is 360. The molecule has 2 heterocycles. The molecule has 4 nitrogen and oxygen atoms in total. The van der Waals surface area contributed by atoms with E-state index in [1.54, 1.807) is 0 Å². The molecule has 4 heteroatoms. The number of hydrogen-bond donors (Lipinski definition) is 1. The monoisotopic (exact) mass is 250 g/mol. The lowest BCUT2D eigenvalue weighted by Gasteiger charge is -2.27. The maximum atomic E-state index is 4.48. The largest absolute Gasteiger partial charge is 0.312 e. The van der Waals surface area contributed by atoms with Gasteiger partial charge in [0.15, 0.2) is 0 Å². The first-order valence-electron chi connectivity index (χ1n) is 7.13. The molecular weight excluding hydrogens is 224 g/mol. The van der Waals surface area contributed by atoms with E-state index in [0.29, 0.717) is 6.04 Å². The second-order valence-corrected chi connectivity index (χ2v) is 5.52. The summed E-state index contributed by atoms with van der Waals surface area (Å²) in [5, 5.41) is 8.17. The van der Waals surface area contributed by atoms with Crippen molar-refractivity contribution < 1.29 is 0 Å². The molecule has 0 bridgehead atoms. The van der Waals surface area contributed by atoms with Crippen molar-refractivity contribution in [2.24, 2.45) is 13.0 Å². The molecule has 0 aromatic carbocycles. The zero-order valence-electron chi connectivity index (χ0n) is 11.9. The lowest BCUT2D eigenvalue weighted by atomic mass is 9.99. The minimum atomic E-state index is 0.626. The van der Waals surface area contributed by atoms with Gasteiger partial charge in [-0.05, 0) is 31.5 Å². The Kier molecular flexibility index (Phi) is 4.78. The van der Waals surface area contributed by atoms with E-state index in [9.17, 15) is 0 Å². The quantitative estimate of drug-likeness (QED) is 0.882. The molecule has 1 fully saturated rings. The van der Waals surface area contributed by atoms with Gasteiger partial charge in [-0.15, -0.1) is 0 Å². The standard InChI is InChI=1S/C14H26N4/c1-4-12(2)14-11-18(8-5-7-15-14)10-13-6-9-17(3)16-13/h6,9,12,14-15H,4-5,7-8,10-11H2,1-3H3. The summed E-state index contributed by atoms with van der Waals surface area (Å²) in [6.07, 6.45) is 4.51. The number of aryl methyl sites for hydroxylation is 1. The number of nitrogens with zero attached hydrogens (tertiary/aromatic N) is 3. The van der Waals surface area contributed by atoms with Crippen molar-refractivity contribution in [3.63, 3.8) is 0 Å². The third-order valence-corrected chi connectivity index (χ3v) is 4.00. The van der Waals surface area contributed by atoms with Crippen molar-refractivity contribution in [1.82, 2.24) is 20.0 Å². The molecule has 2 unspecified atom stereocenters. The third kappa shape index (κ3) is 3.56. The van der Waals surface area contributed by atoms with Gasteiger partial charge < -0.3 is 5.32 Å². The Labute approximate surface area is 110 Å². The Hall–Kier alpha value is -0.870. The third-order valence-electron chi connectivity index (χ3n) is 4.00. The van der Waals surface area contributed by atoms with Crippen LogP contribution in [0.1, 0.15) is 32.4 Å². The highest BCUT2D eigenvalue weighted by Crippen LogP contribution is 2.14. The second kappa shape index (κ2) is 6.34. The van der Waals surface area contributed by atoms with Crippen LogP contribution in [0.15, 0.2) is 12.3 Å². The SMILES string of the molecule is CCC(C)C1CN(Cc2ccn(C)n2)CCCN1. The van der Waals surface area contributed by atoms with Gasteiger partial charge in [0.05, 0.1) is 5.69 Å². The fourth-order valence-corrected chi connectivity index (χ4v) is 2.61. The van der Waals surface area contributed by atoms with Gasteiger partial charge >= 0.3 is 0 Å². The lowest BCUT2D eigenvalue weighted by molar-refractivity contribution is 0.229. The summed E-state index contributed by atoms with van der Waals surface area (Å²) in [7, 11) is 1.98. The van der Waals surface area contributed by atoms with E-state index in [1.165, 1.54) is 25.1 Å². The average Bonchev–Trinajstić information content (AvgIpc) is 2.64. The summed E-state index contributed by atoms with van der Waals surface area (Å²) in [4.78, 5) is 2.54. The van der Waals surface area contributed by atoms with E-state index < -0.39 is 0 Å². The molecule has 1 aliphatic rings. The van der Waals surface area contributed by atoms with Crippen molar-refractivity contribution in [2.45, 2.75) is 39.3 Å². The number of hydrogen-bond acceptors (Lipinski definition) is 3. The van der Waals surface area contributed by atoms with Gasteiger partial charge in [0.25, 0.3) is 0 Å². The van der Waals surface area contributed by atoms with Crippen LogP contribution < -0.4 is 5.32 Å². The van der Waals surface area contributed by atoms with E-state index in [0.717, 1.165) is 25.6 Å². The highest BCUT2D eigenvalue weighted by molar-refractivity contribution is 4.99. The van der Waals surface area contributed by atoms with Gasteiger partial charge in [0, 0.05) is 32.4 Å². The van der Waals surface area contributed by atoms with E-state index >= 15 is 0 Å². The van der Waals surface area contributed by atoms with Crippen molar-refractivity contribution in [3.05, 3.63) is 18.0 Å². The zero-order valence-corrected chi connectivity index (χ0v) is 11.9. The molecule has 1 aromatic heterocycles. The molecule has 2 atom stereocenters. The minimum Gasteiger partial charge on any atom is -0.312 e. The predicted molar refractivity (Wildman–Crippen MR) is 74.3 cm³/mol. The predicted octanol–water partition coefficient (Wildman–Crippen LogP) is 1.63. The topological polar surface area (TPSA) is 33.1 Å². The smallest absolute Gasteiger partial charge is 0.0764 e. The highest BCUT2D eigenvalue weighted by atomic mass is 15.3.